The van der Waals surface area contributed by atoms with Gasteiger partial charge in [0.15, 0.2) is 0 Å². The molecule has 0 amide bonds. The number of nitrogens with zero attached hydrogens (tertiary/aromatic N) is 4. The molecule has 0 fully saturated rings. The summed E-state index contributed by atoms with van der Waals surface area (Å²) < 4.78 is 0.0288. The fourth-order valence-corrected chi connectivity index (χ4v) is 5.49. The highest BCUT2D eigenvalue weighted by Crippen LogP contribution is 2.42. The molecule has 3 rings (SSSR count). The summed E-state index contributed by atoms with van der Waals surface area (Å²) in [6.07, 6.45) is 8.07. The zero-order chi connectivity index (χ0) is 24.0. The highest BCUT2D eigenvalue weighted by atomic mass is 32.2. The van der Waals surface area contributed by atoms with Crippen LogP contribution in [-0.4, -0.2) is 4.75 Å². The Morgan fingerprint density at radius 3 is 1.85 bits per heavy atom. The fourth-order valence-electron chi connectivity index (χ4n) is 3.39. The first kappa shape index (κ1) is 23.8. The summed E-state index contributed by atoms with van der Waals surface area (Å²) in [4.78, 5) is 2.77. The summed E-state index contributed by atoms with van der Waals surface area (Å²) in [5, 5.41) is 38.9. The molecule has 0 atom stereocenters. The van der Waals surface area contributed by atoms with Crippen LogP contribution in [0.1, 0.15) is 42.0 Å². The van der Waals surface area contributed by atoms with E-state index in [0.29, 0.717) is 21.6 Å². The highest BCUT2D eigenvalue weighted by Gasteiger charge is 2.23. The molecule has 0 saturated heterocycles. The number of allylic oxidation sites excluding steroid dienone is 8. The molecule has 6 heteroatoms. The van der Waals surface area contributed by atoms with Crippen molar-refractivity contribution < 1.29 is 0 Å². The normalized spacial score (nSPS) is 12.3. The van der Waals surface area contributed by atoms with Gasteiger partial charge in [-0.2, -0.15) is 21.0 Å². The molecule has 1 aromatic carbocycles. The van der Waals surface area contributed by atoms with E-state index < -0.39 is 0 Å². The lowest BCUT2D eigenvalue weighted by Crippen LogP contribution is -2.06. The molecule has 0 aliphatic heterocycles. The number of hydrogen-bond acceptors (Lipinski definition) is 6. The van der Waals surface area contributed by atoms with Crippen molar-refractivity contribution in [3.8, 4) is 24.3 Å². The van der Waals surface area contributed by atoms with Gasteiger partial charge in [0, 0.05) is 36.5 Å². The van der Waals surface area contributed by atoms with E-state index in [-0.39, 0.29) is 21.8 Å². The molecule has 1 aliphatic rings. The Balaban J connectivity index is 2.21. The first-order valence-corrected chi connectivity index (χ1v) is 11.8. The lowest BCUT2D eigenvalue weighted by molar-refractivity contribution is 0.803. The summed E-state index contributed by atoms with van der Waals surface area (Å²) >= 11 is 3.16. The van der Waals surface area contributed by atoms with Gasteiger partial charge in [0.1, 0.15) is 35.4 Å². The molecule has 0 unspecified atom stereocenters. The predicted molar refractivity (Wildman–Crippen MR) is 134 cm³/mol. The second kappa shape index (κ2) is 10.2. The molecule has 0 spiro atoms. The van der Waals surface area contributed by atoms with Crippen molar-refractivity contribution in [2.45, 2.75) is 36.3 Å². The minimum Gasteiger partial charge on any atom is -0.192 e. The summed E-state index contributed by atoms with van der Waals surface area (Å²) in [6.45, 7) is 6.36. The maximum Gasteiger partial charge on any atom is 0.138 e. The Morgan fingerprint density at radius 2 is 1.33 bits per heavy atom. The third-order valence-corrected chi connectivity index (χ3v) is 7.04. The van der Waals surface area contributed by atoms with E-state index in [2.05, 4.69) is 32.9 Å². The smallest absolute Gasteiger partial charge is 0.138 e. The van der Waals surface area contributed by atoms with Crippen LogP contribution in [-0.2, 0) is 0 Å². The van der Waals surface area contributed by atoms with Gasteiger partial charge < -0.3 is 0 Å². The lowest BCUT2D eigenvalue weighted by atomic mass is 9.89. The van der Waals surface area contributed by atoms with Gasteiger partial charge in [0.05, 0.1) is 0 Å². The van der Waals surface area contributed by atoms with E-state index in [1.807, 2.05) is 72.8 Å². The summed E-state index contributed by atoms with van der Waals surface area (Å²) in [6, 6.07) is 19.2. The van der Waals surface area contributed by atoms with Crippen molar-refractivity contribution in [3.05, 3.63) is 87.2 Å². The van der Waals surface area contributed by atoms with E-state index in [9.17, 15) is 21.0 Å². The predicted octanol–water partition coefficient (Wildman–Crippen LogP) is 7.15. The number of thioether (sulfide) groups is 1. The minimum absolute atomic E-state index is 0.0288. The molecule has 4 nitrogen and oxygen atoms in total. The standard InChI is InChI=1S/C27H20N4S2/c1-27(2,3)33-22-10-8-19(9-11-22)25(20(14-28)15-29)26(21(16-30)17-31)24-13-12-23(32-24)18-6-4-5-7-18/h4-13,18H,1-3H3. The van der Waals surface area contributed by atoms with Crippen LogP contribution in [0.25, 0.3) is 11.1 Å². The zero-order valence-corrected chi connectivity index (χ0v) is 20.1. The van der Waals surface area contributed by atoms with Gasteiger partial charge in [-0.1, -0.05) is 57.2 Å². The number of nitriles is 4. The summed E-state index contributed by atoms with van der Waals surface area (Å²) in [7, 11) is 0. The van der Waals surface area contributed by atoms with Crippen LogP contribution >= 0.6 is 23.1 Å². The van der Waals surface area contributed by atoms with Crippen molar-refractivity contribution in [1.29, 1.82) is 21.0 Å². The van der Waals surface area contributed by atoms with E-state index in [0.717, 1.165) is 9.77 Å². The zero-order valence-electron chi connectivity index (χ0n) is 18.5. The van der Waals surface area contributed by atoms with Crippen LogP contribution in [0, 0.1) is 45.3 Å². The molecule has 1 aliphatic carbocycles. The average molecular weight is 465 g/mol. The quantitative estimate of drug-likeness (QED) is 0.266. The van der Waals surface area contributed by atoms with Gasteiger partial charge in [0.2, 0.25) is 0 Å². The third-order valence-electron chi connectivity index (χ3n) is 4.71. The largest absolute Gasteiger partial charge is 0.192 e. The van der Waals surface area contributed by atoms with Crippen molar-refractivity contribution in [2.75, 3.05) is 0 Å². The van der Waals surface area contributed by atoms with E-state index in [1.165, 1.54) is 11.3 Å². The van der Waals surface area contributed by atoms with Crippen molar-refractivity contribution in [2.24, 2.45) is 0 Å². The van der Waals surface area contributed by atoms with Crippen molar-refractivity contribution in [3.63, 3.8) is 0 Å². The van der Waals surface area contributed by atoms with Crippen molar-refractivity contribution >= 4 is 34.2 Å². The van der Waals surface area contributed by atoms with E-state index >= 15 is 0 Å². The molecular weight excluding hydrogens is 444 g/mol. The van der Waals surface area contributed by atoms with Gasteiger partial charge in [-0.05, 0) is 29.8 Å². The number of benzene rings is 1. The first-order chi connectivity index (χ1) is 15.8. The second-order valence-electron chi connectivity index (χ2n) is 8.18. The Hall–Kier alpha value is -3.81. The molecule has 1 heterocycles. The van der Waals surface area contributed by atoms with E-state index in [4.69, 9.17) is 0 Å². The Morgan fingerprint density at radius 1 is 0.788 bits per heavy atom. The number of thiophene rings is 1. The van der Waals surface area contributed by atoms with Gasteiger partial charge in [-0.15, -0.1) is 23.1 Å². The van der Waals surface area contributed by atoms with Crippen LogP contribution < -0.4 is 0 Å². The molecule has 1 aromatic heterocycles. The summed E-state index contributed by atoms with van der Waals surface area (Å²) in [5.74, 6) is 0.130. The average Bonchev–Trinajstić information content (AvgIpc) is 3.48. The molecule has 0 saturated carbocycles. The van der Waals surface area contributed by atoms with Crippen LogP contribution in [0.5, 0.6) is 0 Å². The second-order valence-corrected chi connectivity index (χ2v) is 11.2. The number of hydrogen-bond donors (Lipinski definition) is 0. The van der Waals surface area contributed by atoms with Crippen molar-refractivity contribution in [1.82, 2.24) is 0 Å². The third kappa shape index (κ3) is 5.52. The Labute approximate surface area is 202 Å². The van der Waals surface area contributed by atoms with Gasteiger partial charge in [0.25, 0.3) is 0 Å². The maximum atomic E-state index is 9.73. The summed E-state index contributed by atoms with van der Waals surface area (Å²) in [5.41, 5.74) is 0.958. The van der Waals surface area contributed by atoms with Crippen LogP contribution in [0.4, 0.5) is 0 Å². The van der Waals surface area contributed by atoms with Crippen LogP contribution in [0.15, 0.2) is 76.7 Å². The molecule has 0 radical (unpaired) electrons. The van der Waals surface area contributed by atoms with Gasteiger partial charge in [-0.25, -0.2) is 0 Å². The molecular formula is C27H20N4S2. The Kier molecular flexibility index (Phi) is 7.37. The fraction of sp³-hybridized carbons (Fsp3) is 0.185. The molecule has 160 valence electrons. The van der Waals surface area contributed by atoms with Crippen LogP contribution in [0.2, 0.25) is 0 Å². The topological polar surface area (TPSA) is 95.2 Å². The maximum absolute atomic E-state index is 9.73. The Bertz CT molecular complexity index is 1310. The first-order valence-electron chi connectivity index (χ1n) is 10.1. The molecule has 2 aromatic rings. The SMILES string of the molecule is CC(C)(C)Sc1ccc(C(=C(C#N)C#N)C(=C(C#N)C#N)c2ccc(C3C=CC=C3)s2)cc1. The van der Waals surface area contributed by atoms with E-state index in [1.54, 1.807) is 11.8 Å². The van der Waals surface area contributed by atoms with Gasteiger partial charge in [-0.3, -0.25) is 0 Å². The molecule has 0 N–H and O–H groups in total. The lowest BCUT2D eigenvalue weighted by Gasteiger charge is -2.18. The highest BCUT2D eigenvalue weighted by molar-refractivity contribution is 8.00. The van der Waals surface area contributed by atoms with Gasteiger partial charge >= 0.3 is 0 Å². The monoisotopic (exact) mass is 464 g/mol. The van der Waals surface area contributed by atoms with Crippen LogP contribution in [0.3, 0.4) is 0 Å². The minimum atomic E-state index is -0.139. The number of rotatable bonds is 5. The molecule has 0 bridgehead atoms. The molecule has 33 heavy (non-hydrogen) atoms.